The van der Waals surface area contributed by atoms with E-state index >= 15 is 0 Å². The molecule has 0 saturated carbocycles. The minimum absolute atomic E-state index is 0.00661. The zero-order valence-corrected chi connectivity index (χ0v) is 11.2. The van der Waals surface area contributed by atoms with Crippen molar-refractivity contribution in [3.05, 3.63) is 29.8 Å². The average Bonchev–Trinajstić information content (AvgIpc) is 2.29. The molecule has 3 nitrogen and oxygen atoms in total. The Bertz CT molecular complexity index is 319. The molecule has 1 N–H and O–H groups in total. The Morgan fingerprint density at radius 2 is 1.82 bits per heavy atom. The van der Waals surface area contributed by atoms with Crippen LogP contribution in [0.15, 0.2) is 24.3 Å². The fourth-order valence-electron chi connectivity index (χ4n) is 1.62. The van der Waals surface area contributed by atoms with Gasteiger partial charge >= 0.3 is 0 Å². The maximum absolute atomic E-state index is 5.40. The SMILES string of the molecule is CCOc1ccc(CNC(C)(C)COC)cc1. The van der Waals surface area contributed by atoms with Crippen molar-refractivity contribution in [2.24, 2.45) is 0 Å². The van der Waals surface area contributed by atoms with Gasteiger partial charge in [-0.05, 0) is 38.5 Å². The quantitative estimate of drug-likeness (QED) is 0.790. The molecule has 0 fully saturated rings. The zero-order chi connectivity index (χ0) is 12.7. The third-order valence-corrected chi connectivity index (χ3v) is 2.51. The molecule has 0 aromatic heterocycles. The Hall–Kier alpha value is -1.06. The van der Waals surface area contributed by atoms with E-state index in [2.05, 4.69) is 31.3 Å². The molecule has 1 rings (SSSR count). The van der Waals surface area contributed by atoms with Crippen LogP contribution in [0.25, 0.3) is 0 Å². The molecule has 0 unspecified atom stereocenters. The minimum Gasteiger partial charge on any atom is -0.494 e. The summed E-state index contributed by atoms with van der Waals surface area (Å²) >= 11 is 0. The fourth-order valence-corrected chi connectivity index (χ4v) is 1.62. The standard InChI is InChI=1S/C14H23NO2/c1-5-17-13-8-6-12(7-9-13)10-15-14(2,3)11-16-4/h6-9,15H,5,10-11H2,1-4H3. The number of ether oxygens (including phenoxy) is 2. The molecule has 0 saturated heterocycles. The largest absolute Gasteiger partial charge is 0.494 e. The van der Waals surface area contributed by atoms with Crippen LogP contribution in [0.4, 0.5) is 0 Å². The van der Waals surface area contributed by atoms with Gasteiger partial charge in [-0.1, -0.05) is 12.1 Å². The van der Waals surface area contributed by atoms with Crippen LogP contribution in [0.2, 0.25) is 0 Å². The van der Waals surface area contributed by atoms with E-state index in [-0.39, 0.29) is 5.54 Å². The second-order valence-electron chi connectivity index (χ2n) is 4.75. The predicted octanol–water partition coefficient (Wildman–Crippen LogP) is 2.60. The van der Waals surface area contributed by atoms with E-state index in [1.54, 1.807) is 7.11 Å². The van der Waals surface area contributed by atoms with Crippen molar-refractivity contribution in [2.45, 2.75) is 32.9 Å². The molecule has 3 heteroatoms. The normalized spacial score (nSPS) is 11.5. The molecular formula is C14H23NO2. The first-order valence-corrected chi connectivity index (χ1v) is 6.03. The lowest BCUT2D eigenvalue weighted by Crippen LogP contribution is -2.42. The molecule has 0 aliphatic carbocycles. The highest BCUT2D eigenvalue weighted by Crippen LogP contribution is 2.13. The van der Waals surface area contributed by atoms with E-state index in [4.69, 9.17) is 9.47 Å². The third kappa shape index (κ3) is 5.20. The molecule has 1 aromatic rings. The fraction of sp³-hybridized carbons (Fsp3) is 0.571. The highest BCUT2D eigenvalue weighted by atomic mass is 16.5. The molecule has 96 valence electrons. The molecule has 0 aliphatic rings. The summed E-state index contributed by atoms with van der Waals surface area (Å²) in [6.45, 7) is 8.49. The topological polar surface area (TPSA) is 30.5 Å². The molecule has 17 heavy (non-hydrogen) atoms. The lowest BCUT2D eigenvalue weighted by Gasteiger charge is -2.25. The van der Waals surface area contributed by atoms with E-state index in [9.17, 15) is 0 Å². The van der Waals surface area contributed by atoms with E-state index in [0.29, 0.717) is 13.2 Å². The van der Waals surface area contributed by atoms with Crippen molar-refractivity contribution >= 4 is 0 Å². The second kappa shape index (κ2) is 6.62. The van der Waals surface area contributed by atoms with E-state index in [1.807, 2.05) is 19.1 Å². The van der Waals surface area contributed by atoms with Crippen molar-refractivity contribution in [1.29, 1.82) is 0 Å². The van der Waals surface area contributed by atoms with Crippen LogP contribution in [0.1, 0.15) is 26.3 Å². The van der Waals surface area contributed by atoms with Gasteiger partial charge in [0.1, 0.15) is 5.75 Å². The summed E-state index contributed by atoms with van der Waals surface area (Å²) in [6.07, 6.45) is 0. The van der Waals surface area contributed by atoms with E-state index < -0.39 is 0 Å². The van der Waals surface area contributed by atoms with Gasteiger partial charge in [0.25, 0.3) is 0 Å². The maximum atomic E-state index is 5.40. The summed E-state index contributed by atoms with van der Waals surface area (Å²) in [7, 11) is 1.72. The van der Waals surface area contributed by atoms with Gasteiger partial charge < -0.3 is 14.8 Å². The number of hydrogen-bond donors (Lipinski definition) is 1. The van der Waals surface area contributed by atoms with Crippen LogP contribution in [0.3, 0.4) is 0 Å². The highest BCUT2D eigenvalue weighted by Gasteiger charge is 2.15. The first-order chi connectivity index (χ1) is 8.07. The van der Waals surface area contributed by atoms with Crippen LogP contribution >= 0.6 is 0 Å². The lowest BCUT2D eigenvalue weighted by atomic mass is 10.1. The predicted molar refractivity (Wildman–Crippen MR) is 70.4 cm³/mol. The first kappa shape index (κ1) is 14.0. The molecule has 0 bridgehead atoms. The Kier molecular flexibility index (Phi) is 5.45. The van der Waals surface area contributed by atoms with E-state index in [1.165, 1.54) is 5.56 Å². The molecule has 1 aromatic carbocycles. The molecular weight excluding hydrogens is 214 g/mol. The van der Waals surface area contributed by atoms with Gasteiger partial charge in [-0.3, -0.25) is 0 Å². The molecule has 0 radical (unpaired) electrons. The Balaban J connectivity index is 2.46. The summed E-state index contributed by atoms with van der Waals surface area (Å²) < 4.78 is 10.6. The van der Waals surface area contributed by atoms with Gasteiger partial charge in [-0.2, -0.15) is 0 Å². The van der Waals surface area contributed by atoms with Crippen LogP contribution < -0.4 is 10.1 Å². The van der Waals surface area contributed by atoms with Gasteiger partial charge in [0, 0.05) is 19.2 Å². The van der Waals surface area contributed by atoms with Crippen molar-refractivity contribution in [2.75, 3.05) is 20.3 Å². The minimum atomic E-state index is -0.00661. The Morgan fingerprint density at radius 3 is 2.35 bits per heavy atom. The van der Waals surface area contributed by atoms with Crippen LogP contribution in [-0.4, -0.2) is 25.9 Å². The Labute approximate surface area is 104 Å². The monoisotopic (exact) mass is 237 g/mol. The Morgan fingerprint density at radius 1 is 1.18 bits per heavy atom. The molecule has 0 heterocycles. The molecule has 0 atom stereocenters. The summed E-state index contributed by atoms with van der Waals surface area (Å²) in [5, 5.41) is 3.46. The highest BCUT2D eigenvalue weighted by molar-refractivity contribution is 5.27. The van der Waals surface area contributed by atoms with Crippen molar-refractivity contribution in [3.63, 3.8) is 0 Å². The van der Waals surface area contributed by atoms with Gasteiger partial charge in [-0.15, -0.1) is 0 Å². The summed E-state index contributed by atoms with van der Waals surface area (Å²) in [6, 6.07) is 8.18. The average molecular weight is 237 g/mol. The van der Waals surface area contributed by atoms with Crippen molar-refractivity contribution in [1.82, 2.24) is 5.32 Å². The third-order valence-electron chi connectivity index (χ3n) is 2.51. The van der Waals surface area contributed by atoms with E-state index in [0.717, 1.165) is 12.3 Å². The number of rotatable bonds is 7. The molecule has 0 aliphatic heterocycles. The summed E-state index contributed by atoms with van der Waals surface area (Å²) in [5.41, 5.74) is 1.24. The number of benzene rings is 1. The molecule has 0 spiro atoms. The second-order valence-corrected chi connectivity index (χ2v) is 4.75. The summed E-state index contributed by atoms with van der Waals surface area (Å²) in [4.78, 5) is 0. The first-order valence-electron chi connectivity index (χ1n) is 6.03. The van der Waals surface area contributed by atoms with Gasteiger partial charge in [-0.25, -0.2) is 0 Å². The maximum Gasteiger partial charge on any atom is 0.119 e. The number of hydrogen-bond acceptors (Lipinski definition) is 3. The summed E-state index contributed by atoms with van der Waals surface area (Å²) in [5.74, 6) is 0.924. The van der Waals surface area contributed by atoms with Crippen LogP contribution in [-0.2, 0) is 11.3 Å². The van der Waals surface area contributed by atoms with Crippen LogP contribution in [0.5, 0.6) is 5.75 Å². The smallest absolute Gasteiger partial charge is 0.119 e. The zero-order valence-electron chi connectivity index (χ0n) is 11.2. The van der Waals surface area contributed by atoms with Crippen molar-refractivity contribution in [3.8, 4) is 5.75 Å². The van der Waals surface area contributed by atoms with Crippen LogP contribution in [0, 0.1) is 0 Å². The lowest BCUT2D eigenvalue weighted by molar-refractivity contribution is 0.128. The van der Waals surface area contributed by atoms with Gasteiger partial charge in [0.05, 0.1) is 13.2 Å². The number of nitrogens with one attached hydrogen (secondary N) is 1. The molecule has 0 amide bonds. The van der Waals surface area contributed by atoms with Crippen molar-refractivity contribution < 1.29 is 9.47 Å². The van der Waals surface area contributed by atoms with Gasteiger partial charge in [0.2, 0.25) is 0 Å². The van der Waals surface area contributed by atoms with Gasteiger partial charge in [0.15, 0.2) is 0 Å². The number of methoxy groups -OCH3 is 1.